The van der Waals surface area contributed by atoms with E-state index in [2.05, 4.69) is 25.7 Å². The number of amides is 2. The summed E-state index contributed by atoms with van der Waals surface area (Å²) < 4.78 is 55.1. The molecule has 0 radical (unpaired) electrons. The van der Waals surface area contributed by atoms with Gasteiger partial charge in [0.2, 0.25) is 11.8 Å². The van der Waals surface area contributed by atoms with Crippen LogP contribution in [0.25, 0.3) is 11.1 Å². The molecule has 1 unspecified atom stereocenters. The number of ether oxygens (including phenoxy) is 1. The van der Waals surface area contributed by atoms with Crippen LogP contribution in [-0.2, 0) is 23.9 Å². The van der Waals surface area contributed by atoms with Crippen molar-refractivity contribution in [3.05, 3.63) is 77.7 Å². The molecule has 228 valence electrons. The molecule has 0 bridgehead atoms. The summed E-state index contributed by atoms with van der Waals surface area (Å²) in [6.45, 7) is 1.84. The van der Waals surface area contributed by atoms with Gasteiger partial charge in [-0.1, -0.05) is 18.2 Å². The van der Waals surface area contributed by atoms with Gasteiger partial charge in [0.1, 0.15) is 17.4 Å². The first kappa shape index (κ1) is 32.5. The SMILES string of the molecule is Cc1ccnc(NCCCC(=O)NCC(=O)NC(CC(=O)OC(=O)C(F)(F)F)c2cccc(-c3ccc(F)cc3O)c2)c1. The molecule has 1 heterocycles. The highest BCUT2D eigenvalue weighted by Gasteiger charge is 2.42. The number of rotatable bonds is 12. The van der Waals surface area contributed by atoms with E-state index in [0.717, 1.165) is 17.7 Å². The minimum atomic E-state index is -5.41. The number of aryl methyl sites for hydroxylation is 1. The average Bonchev–Trinajstić information content (AvgIpc) is 2.93. The summed E-state index contributed by atoms with van der Waals surface area (Å²) in [6, 6.07) is 11.5. The van der Waals surface area contributed by atoms with E-state index < -0.39 is 60.5 Å². The molecule has 43 heavy (non-hydrogen) atoms. The summed E-state index contributed by atoms with van der Waals surface area (Å²) in [5.41, 5.74) is 1.73. The van der Waals surface area contributed by atoms with E-state index in [0.29, 0.717) is 24.3 Å². The molecule has 1 aromatic heterocycles. The van der Waals surface area contributed by atoms with E-state index in [9.17, 15) is 41.8 Å². The van der Waals surface area contributed by atoms with Gasteiger partial charge in [0.05, 0.1) is 19.0 Å². The van der Waals surface area contributed by atoms with Gasteiger partial charge < -0.3 is 25.8 Å². The van der Waals surface area contributed by atoms with E-state index >= 15 is 0 Å². The number of hydrogen-bond acceptors (Lipinski definition) is 8. The van der Waals surface area contributed by atoms with Crippen LogP contribution in [0.3, 0.4) is 0 Å². The Morgan fingerprint density at radius 3 is 2.49 bits per heavy atom. The van der Waals surface area contributed by atoms with Crippen molar-refractivity contribution in [3.8, 4) is 16.9 Å². The van der Waals surface area contributed by atoms with Crippen molar-refractivity contribution in [2.75, 3.05) is 18.4 Å². The van der Waals surface area contributed by atoms with Gasteiger partial charge in [-0.15, -0.1) is 0 Å². The number of hydrogen-bond donors (Lipinski definition) is 4. The number of pyridine rings is 1. The maximum Gasteiger partial charge on any atom is 0.491 e. The molecule has 0 saturated carbocycles. The molecule has 4 N–H and O–H groups in total. The quantitative estimate of drug-likeness (QED) is 0.105. The Bertz CT molecular complexity index is 1480. The Kier molecular flexibility index (Phi) is 11.2. The van der Waals surface area contributed by atoms with Gasteiger partial charge in [-0.05, 0) is 60.4 Å². The van der Waals surface area contributed by atoms with Gasteiger partial charge in [-0.25, -0.2) is 14.2 Å². The number of nitrogens with zero attached hydrogens (tertiary/aromatic N) is 1. The van der Waals surface area contributed by atoms with Crippen molar-refractivity contribution < 1.29 is 46.6 Å². The molecule has 2 amide bonds. The fourth-order valence-corrected chi connectivity index (χ4v) is 3.90. The maximum atomic E-state index is 13.4. The molecule has 1 atom stereocenters. The molecular formula is C29H28F4N4O6. The molecule has 0 aliphatic heterocycles. The third-order valence-corrected chi connectivity index (χ3v) is 5.95. The lowest BCUT2D eigenvalue weighted by Gasteiger charge is -2.20. The summed E-state index contributed by atoms with van der Waals surface area (Å²) in [7, 11) is 0. The lowest BCUT2D eigenvalue weighted by Crippen LogP contribution is -2.39. The van der Waals surface area contributed by atoms with Crippen molar-refractivity contribution in [2.45, 2.75) is 38.4 Å². The molecule has 0 saturated heterocycles. The average molecular weight is 605 g/mol. The molecule has 10 nitrogen and oxygen atoms in total. The number of benzene rings is 2. The topological polar surface area (TPSA) is 147 Å². The largest absolute Gasteiger partial charge is 0.507 e. The molecule has 3 aromatic rings. The third kappa shape index (κ3) is 10.4. The predicted molar refractivity (Wildman–Crippen MR) is 146 cm³/mol. The van der Waals surface area contributed by atoms with E-state index in [-0.39, 0.29) is 17.5 Å². The number of aromatic hydroxyl groups is 1. The van der Waals surface area contributed by atoms with Gasteiger partial charge in [0.15, 0.2) is 0 Å². The number of phenols is 1. The van der Waals surface area contributed by atoms with E-state index in [1.54, 1.807) is 6.20 Å². The third-order valence-electron chi connectivity index (χ3n) is 5.95. The Balaban J connectivity index is 1.64. The van der Waals surface area contributed by atoms with Crippen LogP contribution in [0.2, 0.25) is 0 Å². The molecule has 0 aliphatic carbocycles. The minimum absolute atomic E-state index is 0.0740. The van der Waals surface area contributed by atoms with Crippen LogP contribution < -0.4 is 16.0 Å². The second-order valence-corrected chi connectivity index (χ2v) is 9.40. The summed E-state index contributed by atoms with van der Waals surface area (Å²) >= 11 is 0. The molecule has 2 aromatic carbocycles. The van der Waals surface area contributed by atoms with Crippen LogP contribution in [0.4, 0.5) is 23.4 Å². The van der Waals surface area contributed by atoms with Crippen LogP contribution in [0.1, 0.15) is 36.4 Å². The number of carbonyl (C=O) groups is 4. The van der Waals surface area contributed by atoms with Gasteiger partial charge in [-0.3, -0.25) is 14.4 Å². The van der Waals surface area contributed by atoms with Crippen LogP contribution in [0.5, 0.6) is 5.75 Å². The zero-order valence-corrected chi connectivity index (χ0v) is 22.8. The van der Waals surface area contributed by atoms with Crippen LogP contribution in [0.15, 0.2) is 60.8 Å². The minimum Gasteiger partial charge on any atom is -0.507 e. The Hall–Kier alpha value is -5.01. The first-order valence-corrected chi connectivity index (χ1v) is 12.9. The predicted octanol–water partition coefficient (Wildman–Crippen LogP) is 4.09. The second kappa shape index (κ2) is 14.8. The van der Waals surface area contributed by atoms with Gasteiger partial charge in [0, 0.05) is 30.8 Å². The summed E-state index contributed by atoms with van der Waals surface area (Å²) in [4.78, 5) is 52.3. The fourth-order valence-electron chi connectivity index (χ4n) is 3.90. The van der Waals surface area contributed by atoms with E-state index in [1.807, 2.05) is 19.1 Å². The van der Waals surface area contributed by atoms with Crippen molar-refractivity contribution in [1.29, 1.82) is 0 Å². The number of phenolic OH excluding ortho intramolecular Hbond substituents is 1. The molecule has 14 heteroatoms. The zero-order chi connectivity index (χ0) is 31.6. The number of anilines is 1. The van der Waals surface area contributed by atoms with Crippen molar-refractivity contribution >= 4 is 29.6 Å². The van der Waals surface area contributed by atoms with Gasteiger partial charge in [0.25, 0.3) is 0 Å². The van der Waals surface area contributed by atoms with Crippen molar-refractivity contribution in [3.63, 3.8) is 0 Å². The first-order chi connectivity index (χ1) is 20.3. The summed E-state index contributed by atoms with van der Waals surface area (Å²) in [5, 5.41) is 18.1. The monoisotopic (exact) mass is 604 g/mol. The van der Waals surface area contributed by atoms with Gasteiger partial charge in [-0.2, -0.15) is 13.2 Å². The number of esters is 2. The van der Waals surface area contributed by atoms with Crippen LogP contribution >= 0.6 is 0 Å². The van der Waals surface area contributed by atoms with Crippen LogP contribution in [-0.4, -0.2) is 53.1 Å². The molecular weight excluding hydrogens is 576 g/mol. The van der Waals surface area contributed by atoms with Gasteiger partial charge >= 0.3 is 18.1 Å². The smallest absolute Gasteiger partial charge is 0.491 e. The molecule has 0 aliphatic rings. The van der Waals surface area contributed by atoms with Crippen molar-refractivity contribution in [1.82, 2.24) is 15.6 Å². The summed E-state index contributed by atoms with van der Waals surface area (Å²) in [5.74, 6) is -5.96. The zero-order valence-electron chi connectivity index (χ0n) is 22.8. The normalized spacial score (nSPS) is 11.7. The first-order valence-electron chi connectivity index (χ1n) is 12.9. The van der Waals surface area contributed by atoms with Crippen LogP contribution in [0, 0.1) is 12.7 Å². The van der Waals surface area contributed by atoms with E-state index in [1.165, 1.54) is 30.3 Å². The Labute approximate surface area is 243 Å². The fraction of sp³-hybridized carbons (Fsp3) is 0.276. The lowest BCUT2D eigenvalue weighted by atomic mass is 9.97. The van der Waals surface area contributed by atoms with E-state index in [4.69, 9.17) is 0 Å². The highest BCUT2D eigenvalue weighted by atomic mass is 19.4. The highest BCUT2D eigenvalue weighted by Crippen LogP contribution is 2.32. The highest BCUT2D eigenvalue weighted by molar-refractivity contribution is 5.89. The maximum absolute atomic E-state index is 13.4. The number of alkyl halides is 3. The summed E-state index contributed by atoms with van der Waals surface area (Å²) in [6.07, 6.45) is -4.14. The standard InChI is InChI=1S/C29H28F4N4O6/c1-17-9-11-35-24(12-17)34-10-3-6-25(39)36-16-26(40)37-22(15-27(41)43-28(42)29(31,32)33)19-5-2-4-18(13-19)21-8-7-20(30)14-23(21)38/h2,4-5,7-9,11-14,22,38H,3,6,10,15-16H2,1H3,(H,34,35)(H,36,39)(H,37,40). The number of carbonyl (C=O) groups excluding carboxylic acids is 4. The number of nitrogens with one attached hydrogen (secondary N) is 3. The lowest BCUT2D eigenvalue weighted by molar-refractivity contribution is -0.202. The van der Waals surface area contributed by atoms with Crippen molar-refractivity contribution in [2.24, 2.45) is 0 Å². The number of aromatic nitrogens is 1. The Morgan fingerprint density at radius 1 is 1.02 bits per heavy atom. The molecule has 0 spiro atoms. The second-order valence-electron chi connectivity index (χ2n) is 9.40. The molecule has 3 rings (SSSR count). The number of halogens is 4. The molecule has 0 fully saturated rings. The Morgan fingerprint density at radius 2 is 1.79 bits per heavy atom.